The first-order chi connectivity index (χ1) is 10.4. The highest BCUT2D eigenvalue weighted by atomic mass is 16.4. The van der Waals surface area contributed by atoms with Gasteiger partial charge in [-0.2, -0.15) is 0 Å². The van der Waals surface area contributed by atoms with Crippen LogP contribution in [0.15, 0.2) is 0 Å². The topological polar surface area (TPSA) is 113 Å². The number of aliphatic hydroxyl groups excluding tert-OH is 1. The predicted molar refractivity (Wildman–Crippen MR) is 84.2 cm³/mol. The van der Waals surface area contributed by atoms with Crippen molar-refractivity contribution >= 4 is 11.9 Å². The number of aliphatic carboxylic acids is 1. The molecule has 1 aliphatic rings. The number of carbonyl (C=O) groups excluding carboxylic acids is 1. The van der Waals surface area contributed by atoms with Gasteiger partial charge in [-0.25, -0.2) is 4.79 Å². The van der Waals surface area contributed by atoms with Crippen molar-refractivity contribution in [2.45, 2.75) is 77.0 Å². The molecule has 0 heterocycles. The van der Waals surface area contributed by atoms with Gasteiger partial charge in [0, 0.05) is 6.04 Å². The summed E-state index contributed by atoms with van der Waals surface area (Å²) in [6.45, 7) is 3.62. The molecule has 1 rings (SSSR count). The summed E-state index contributed by atoms with van der Waals surface area (Å²) in [5.41, 5.74) is 5.95. The van der Waals surface area contributed by atoms with Gasteiger partial charge in [-0.1, -0.05) is 52.4 Å². The molecule has 0 aromatic heterocycles. The van der Waals surface area contributed by atoms with Crippen LogP contribution in [0.4, 0.5) is 0 Å². The third-order valence-electron chi connectivity index (χ3n) is 4.78. The maximum Gasteiger partial charge on any atom is 0.326 e. The molecule has 0 aromatic carbocycles. The number of carbonyl (C=O) groups is 2. The average Bonchev–Trinajstić information content (AvgIpc) is 2.51. The molecule has 0 aliphatic heterocycles. The lowest BCUT2D eigenvalue weighted by molar-refractivity contribution is -0.145. The largest absolute Gasteiger partial charge is 0.480 e. The number of carboxylic acid groups (broad SMARTS) is 1. The monoisotopic (exact) mass is 314 g/mol. The molecule has 1 fully saturated rings. The van der Waals surface area contributed by atoms with Crippen LogP contribution in [0.3, 0.4) is 0 Å². The summed E-state index contributed by atoms with van der Waals surface area (Å²) < 4.78 is 0. The number of carboxylic acids is 1. The summed E-state index contributed by atoms with van der Waals surface area (Å²) in [4.78, 5) is 23.3. The van der Waals surface area contributed by atoms with Crippen molar-refractivity contribution < 1.29 is 19.8 Å². The van der Waals surface area contributed by atoms with E-state index in [0.29, 0.717) is 18.8 Å². The first-order valence-corrected chi connectivity index (χ1v) is 8.33. The van der Waals surface area contributed by atoms with E-state index in [4.69, 9.17) is 5.73 Å². The minimum Gasteiger partial charge on any atom is -0.480 e. The molecule has 1 aliphatic carbocycles. The second kappa shape index (κ2) is 9.10. The van der Waals surface area contributed by atoms with Gasteiger partial charge in [0.2, 0.25) is 0 Å². The minimum absolute atomic E-state index is 0.205. The van der Waals surface area contributed by atoms with Crippen molar-refractivity contribution in [3.8, 4) is 0 Å². The molecule has 0 saturated heterocycles. The Morgan fingerprint density at radius 2 is 1.86 bits per heavy atom. The van der Waals surface area contributed by atoms with E-state index < -0.39 is 30.1 Å². The van der Waals surface area contributed by atoms with E-state index >= 15 is 0 Å². The highest BCUT2D eigenvalue weighted by Gasteiger charge is 2.31. The van der Waals surface area contributed by atoms with Crippen LogP contribution < -0.4 is 11.1 Å². The molecule has 0 bridgehead atoms. The van der Waals surface area contributed by atoms with Gasteiger partial charge in [-0.3, -0.25) is 4.79 Å². The van der Waals surface area contributed by atoms with Crippen LogP contribution in [0.25, 0.3) is 0 Å². The smallest absolute Gasteiger partial charge is 0.326 e. The second-order valence-electron chi connectivity index (χ2n) is 6.56. The first kappa shape index (κ1) is 18.9. The van der Waals surface area contributed by atoms with Gasteiger partial charge in [-0.15, -0.1) is 0 Å². The Hall–Kier alpha value is -1.14. The van der Waals surface area contributed by atoms with Crippen molar-refractivity contribution in [3.05, 3.63) is 0 Å². The molecule has 0 spiro atoms. The number of hydrogen-bond acceptors (Lipinski definition) is 4. The third kappa shape index (κ3) is 5.57. The van der Waals surface area contributed by atoms with E-state index in [1.807, 2.05) is 6.92 Å². The fraction of sp³-hybridized carbons (Fsp3) is 0.875. The van der Waals surface area contributed by atoms with Crippen LogP contribution in [-0.2, 0) is 9.59 Å². The molecule has 6 heteroatoms. The Morgan fingerprint density at radius 3 is 2.36 bits per heavy atom. The SMILES string of the molecule is CC[C@@H](C)C(NC(=O)[C@@H](O)C(N)CC1CCCCC1)C(=O)O. The number of nitrogens with one attached hydrogen (secondary N) is 1. The maximum atomic E-state index is 12.1. The van der Waals surface area contributed by atoms with Gasteiger partial charge in [0.05, 0.1) is 0 Å². The molecule has 0 aromatic rings. The highest BCUT2D eigenvalue weighted by Crippen LogP contribution is 2.27. The summed E-state index contributed by atoms with van der Waals surface area (Å²) in [6.07, 6.45) is 5.65. The maximum absolute atomic E-state index is 12.1. The van der Waals surface area contributed by atoms with E-state index in [-0.39, 0.29) is 5.92 Å². The average molecular weight is 314 g/mol. The Labute approximate surface area is 132 Å². The van der Waals surface area contributed by atoms with Crippen LogP contribution in [0.5, 0.6) is 0 Å². The summed E-state index contributed by atoms with van der Waals surface area (Å²) >= 11 is 0. The number of nitrogens with two attached hydrogens (primary N) is 1. The molecule has 1 saturated carbocycles. The van der Waals surface area contributed by atoms with Crippen molar-refractivity contribution in [2.24, 2.45) is 17.6 Å². The molecule has 6 nitrogen and oxygen atoms in total. The molecule has 4 atom stereocenters. The molecule has 5 N–H and O–H groups in total. The van der Waals surface area contributed by atoms with Gasteiger partial charge in [0.1, 0.15) is 12.1 Å². The summed E-state index contributed by atoms with van der Waals surface area (Å²) in [5.74, 6) is -1.52. The zero-order valence-corrected chi connectivity index (χ0v) is 13.6. The molecule has 1 amide bonds. The Bertz CT molecular complexity index is 369. The standard InChI is InChI=1S/C16H30N2O4/c1-3-10(2)13(16(21)22)18-15(20)14(19)12(17)9-11-7-5-4-6-8-11/h10-14,19H,3-9,17H2,1-2H3,(H,18,20)(H,21,22)/t10-,12?,13?,14+/m1/s1. The second-order valence-corrected chi connectivity index (χ2v) is 6.56. The number of amides is 1. The van der Waals surface area contributed by atoms with Crippen LogP contribution in [0.1, 0.15) is 58.8 Å². The number of aliphatic hydroxyl groups is 1. The van der Waals surface area contributed by atoms with Gasteiger partial charge < -0.3 is 21.3 Å². The molecule has 128 valence electrons. The van der Waals surface area contributed by atoms with E-state index in [2.05, 4.69) is 5.32 Å². The Kier molecular flexibility index (Phi) is 7.82. The summed E-state index contributed by atoms with van der Waals surface area (Å²) in [7, 11) is 0. The Morgan fingerprint density at radius 1 is 1.27 bits per heavy atom. The van der Waals surface area contributed by atoms with Crippen molar-refractivity contribution in [1.29, 1.82) is 0 Å². The quantitative estimate of drug-likeness (QED) is 0.539. The first-order valence-electron chi connectivity index (χ1n) is 8.33. The molecule has 22 heavy (non-hydrogen) atoms. The van der Waals surface area contributed by atoms with Crippen molar-refractivity contribution in [3.63, 3.8) is 0 Å². The fourth-order valence-electron chi connectivity index (χ4n) is 3.05. The summed E-state index contributed by atoms with van der Waals surface area (Å²) in [5, 5.41) is 21.7. The van der Waals surface area contributed by atoms with Crippen molar-refractivity contribution in [2.75, 3.05) is 0 Å². The molecular formula is C16H30N2O4. The van der Waals surface area contributed by atoms with E-state index in [0.717, 1.165) is 12.8 Å². The minimum atomic E-state index is -1.35. The molecule has 0 radical (unpaired) electrons. The zero-order chi connectivity index (χ0) is 16.7. The fourth-order valence-corrected chi connectivity index (χ4v) is 3.05. The number of hydrogen-bond donors (Lipinski definition) is 4. The van der Waals surface area contributed by atoms with Crippen LogP contribution in [-0.4, -0.2) is 40.3 Å². The predicted octanol–water partition coefficient (Wildman–Crippen LogP) is 1.26. The van der Waals surface area contributed by atoms with Crippen LogP contribution in [0, 0.1) is 11.8 Å². The third-order valence-corrected chi connectivity index (χ3v) is 4.78. The lowest BCUT2D eigenvalue weighted by atomic mass is 9.84. The van der Waals surface area contributed by atoms with Gasteiger partial charge >= 0.3 is 5.97 Å². The Balaban J connectivity index is 2.52. The normalized spacial score (nSPS) is 21.6. The molecular weight excluding hydrogens is 284 g/mol. The van der Waals surface area contributed by atoms with E-state index in [1.165, 1.54) is 19.3 Å². The molecule has 2 unspecified atom stereocenters. The van der Waals surface area contributed by atoms with Crippen LogP contribution >= 0.6 is 0 Å². The van der Waals surface area contributed by atoms with Gasteiger partial charge in [0.15, 0.2) is 0 Å². The lowest BCUT2D eigenvalue weighted by Crippen LogP contribution is -2.53. The lowest BCUT2D eigenvalue weighted by Gasteiger charge is -2.28. The zero-order valence-electron chi connectivity index (χ0n) is 13.6. The highest BCUT2D eigenvalue weighted by molar-refractivity contribution is 5.86. The van der Waals surface area contributed by atoms with Gasteiger partial charge in [0.25, 0.3) is 5.91 Å². The van der Waals surface area contributed by atoms with E-state index in [1.54, 1.807) is 6.92 Å². The van der Waals surface area contributed by atoms with Gasteiger partial charge in [-0.05, 0) is 18.3 Å². The summed E-state index contributed by atoms with van der Waals surface area (Å²) in [6, 6.07) is -1.64. The number of rotatable bonds is 8. The van der Waals surface area contributed by atoms with Crippen LogP contribution in [0.2, 0.25) is 0 Å². The van der Waals surface area contributed by atoms with E-state index in [9.17, 15) is 19.8 Å². The van der Waals surface area contributed by atoms with Crippen molar-refractivity contribution in [1.82, 2.24) is 5.32 Å².